The normalized spacial score (nSPS) is 14.8. The average Bonchev–Trinajstić information content (AvgIpc) is 3.17. The molecule has 4 rings (SSSR count). The monoisotopic (exact) mass is 410 g/mol. The van der Waals surface area contributed by atoms with Crippen LogP contribution in [0.4, 0.5) is 4.79 Å². The Bertz CT molecular complexity index is 1260. The minimum atomic E-state index is -0.418. The van der Waals surface area contributed by atoms with Gasteiger partial charge in [-0.15, -0.1) is 0 Å². The molecule has 1 aromatic heterocycles. The SMILES string of the molecule is Cc1cccc(CN2C(=O)N/C(=C\c3cc(C)n(-c4ccc(C#N)cc4)c3C)C2=O)c1. The van der Waals surface area contributed by atoms with Gasteiger partial charge < -0.3 is 9.88 Å². The number of aromatic nitrogens is 1. The van der Waals surface area contributed by atoms with Crippen LogP contribution >= 0.6 is 0 Å². The fourth-order valence-corrected chi connectivity index (χ4v) is 3.88. The number of carbonyl (C=O) groups excluding carboxylic acids is 2. The molecule has 0 atom stereocenters. The van der Waals surface area contributed by atoms with E-state index < -0.39 is 6.03 Å². The fourth-order valence-electron chi connectivity index (χ4n) is 3.88. The lowest BCUT2D eigenvalue weighted by molar-refractivity contribution is -0.123. The van der Waals surface area contributed by atoms with E-state index in [2.05, 4.69) is 16.0 Å². The van der Waals surface area contributed by atoms with Gasteiger partial charge in [-0.1, -0.05) is 29.8 Å². The molecule has 1 saturated heterocycles. The van der Waals surface area contributed by atoms with Crippen LogP contribution in [0.2, 0.25) is 0 Å². The minimum Gasteiger partial charge on any atom is -0.318 e. The minimum absolute atomic E-state index is 0.230. The van der Waals surface area contributed by atoms with Crippen molar-refractivity contribution in [3.63, 3.8) is 0 Å². The van der Waals surface area contributed by atoms with E-state index in [1.807, 2.05) is 63.2 Å². The molecule has 0 aliphatic carbocycles. The van der Waals surface area contributed by atoms with Crippen molar-refractivity contribution in [2.45, 2.75) is 27.3 Å². The highest BCUT2D eigenvalue weighted by molar-refractivity contribution is 6.14. The number of amides is 3. The van der Waals surface area contributed by atoms with E-state index in [9.17, 15) is 9.59 Å². The van der Waals surface area contributed by atoms with Crippen LogP contribution in [-0.4, -0.2) is 21.4 Å². The van der Waals surface area contributed by atoms with Gasteiger partial charge in [0.2, 0.25) is 0 Å². The number of carbonyl (C=O) groups is 2. The Hall–Kier alpha value is -4.11. The van der Waals surface area contributed by atoms with E-state index >= 15 is 0 Å². The predicted octanol–water partition coefficient (Wildman–Crippen LogP) is 4.37. The Morgan fingerprint density at radius 2 is 1.77 bits per heavy atom. The Kier molecular flexibility index (Phi) is 5.18. The molecule has 2 aromatic carbocycles. The third-order valence-electron chi connectivity index (χ3n) is 5.41. The zero-order valence-electron chi connectivity index (χ0n) is 17.6. The van der Waals surface area contributed by atoms with Crippen molar-refractivity contribution in [2.75, 3.05) is 0 Å². The van der Waals surface area contributed by atoms with Gasteiger partial charge in [0.05, 0.1) is 18.2 Å². The van der Waals surface area contributed by atoms with Gasteiger partial charge in [-0.2, -0.15) is 5.26 Å². The summed E-state index contributed by atoms with van der Waals surface area (Å²) >= 11 is 0. The summed E-state index contributed by atoms with van der Waals surface area (Å²) in [6.07, 6.45) is 1.72. The van der Waals surface area contributed by atoms with Crippen molar-refractivity contribution in [3.8, 4) is 11.8 Å². The molecule has 6 heteroatoms. The number of imide groups is 1. The lowest BCUT2D eigenvalue weighted by Gasteiger charge is -2.12. The summed E-state index contributed by atoms with van der Waals surface area (Å²) in [7, 11) is 0. The molecule has 1 aliphatic rings. The number of rotatable bonds is 4. The number of nitrogens with zero attached hydrogens (tertiary/aromatic N) is 3. The van der Waals surface area contributed by atoms with Crippen molar-refractivity contribution in [1.29, 1.82) is 5.26 Å². The zero-order valence-corrected chi connectivity index (χ0v) is 17.6. The van der Waals surface area contributed by atoms with Crippen LogP contribution in [0, 0.1) is 32.1 Å². The smallest absolute Gasteiger partial charge is 0.318 e. The first-order valence-electron chi connectivity index (χ1n) is 9.97. The average molecular weight is 410 g/mol. The van der Waals surface area contributed by atoms with E-state index in [1.54, 1.807) is 18.2 Å². The second-order valence-corrected chi connectivity index (χ2v) is 7.69. The molecule has 1 fully saturated rings. The van der Waals surface area contributed by atoms with Crippen LogP contribution in [0.25, 0.3) is 11.8 Å². The van der Waals surface area contributed by atoms with Crippen molar-refractivity contribution >= 4 is 18.0 Å². The summed E-state index contributed by atoms with van der Waals surface area (Å²) in [6, 6.07) is 18.8. The highest BCUT2D eigenvalue weighted by Gasteiger charge is 2.33. The van der Waals surface area contributed by atoms with Crippen molar-refractivity contribution in [1.82, 2.24) is 14.8 Å². The molecule has 31 heavy (non-hydrogen) atoms. The molecular formula is C25H22N4O2. The van der Waals surface area contributed by atoms with Crippen molar-refractivity contribution in [3.05, 3.63) is 93.9 Å². The number of nitrogens with one attached hydrogen (secondary N) is 1. The lowest BCUT2D eigenvalue weighted by atomic mass is 10.1. The first kappa shape index (κ1) is 20.2. The Balaban J connectivity index is 1.62. The van der Waals surface area contributed by atoms with Gasteiger partial charge in [0.15, 0.2) is 0 Å². The topological polar surface area (TPSA) is 78.1 Å². The Morgan fingerprint density at radius 1 is 1.03 bits per heavy atom. The maximum Gasteiger partial charge on any atom is 0.329 e. The number of nitriles is 1. The molecule has 0 unspecified atom stereocenters. The predicted molar refractivity (Wildman–Crippen MR) is 118 cm³/mol. The third kappa shape index (κ3) is 3.86. The van der Waals surface area contributed by atoms with Crippen LogP contribution in [0.5, 0.6) is 0 Å². The molecule has 0 saturated carbocycles. The molecule has 1 aliphatic heterocycles. The number of hydrogen-bond acceptors (Lipinski definition) is 3. The van der Waals surface area contributed by atoms with Crippen LogP contribution in [0.15, 0.2) is 60.3 Å². The summed E-state index contributed by atoms with van der Waals surface area (Å²) in [5, 5.41) is 11.7. The molecule has 154 valence electrons. The van der Waals surface area contributed by atoms with E-state index in [-0.39, 0.29) is 18.1 Å². The molecule has 0 radical (unpaired) electrons. The number of urea groups is 1. The molecule has 3 aromatic rings. The van der Waals surface area contributed by atoms with Crippen LogP contribution < -0.4 is 5.32 Å². The molecule has 1 N–H and O–H groups in total. The molecule has 0 bridgehead atoms. The molecule has 2 heterocycles. The van der Waals surface area contributed by atoms with Gasteiger partial charge in [0.1, 0.15) is 5.70 Å². The van der Waals surface area contributed by atoms with Gasteiger partial charge in [-0.3, -0.25) is 9.69 Å². The van der Waals surface area contributed by atoms with E-state index in [0.29, 0.717) is 5.56 Å². The van der Waals surface area contributed by atoms with Crippen molar-refractivity contribution in [2.24, 2.45) is 0 Å². The van der Waals surface area contributed by atoms with Gasteiger partial charge in [-0.05, 0) is 68.3 Å². The quantitative estimate of drug-likeness (QED) is 0.513. The van der Waals surface area contributed by atoms with Gasteiger partial charge in [0, 0.05) is 17.1 Å². The van der Waals surface area contributed by atoms with Gasteiger partial charge >= 0.3 is 6.03 Å². The number of hydrogen-bond donors (Lipinski definition) is 1. The van der Waals surface area contributed by atoms with Crippen LogP contribution in [-0.2, 0) is 11.3 Å². The summed E-state index contributed by atoms with van der Waals surface area (Å²) in [5.74, 6) is -0.338. The van der Waals surface area contributed by atoms with E-state index in [4.69, 9.17) is 5.26 Å². The first-order valence-corrected chi connectivity index (χ1v) is 9.97. The Morgan fingerprint density at radius 3 is 2.45 bits per heavy atom. The summed E-state index contributed by atoms with van der Waals surface area (Å²) in [6.45, 7) is 6.15. The second kappa shape index (κ2) is 7.96. The van der Waals surface area contributed by atoms with E-state index in [0.717, 1.165) is 33.8 Å². The molecular weight excluding hydrogens is 388 g/mol. The third-order valence-corrected chi connectivity index (χ3v) is 5.41. The summed E-state index contributed by atoms with van der Waals surface area (Å²) in [5.41, 5.74) is 6.55. The van der Waals surface area contributed by atoms with E-state index in [1.165, 1.54) is 4.90 Å². The first-order chi connectivity index (χ1) is 14.9. The van der Waals surface area contributed by atoms with Crippen molar-refractivity contribution < 1.29 is 9.59 Å². The summed E-state index contributed by atoms with van der Waals surface area (Å²) < 4.78 is 2.05. The van der Waals surface area contributed by atoms with Gasteiger partial charge in [0.25, 0.3) is 5.91 Å². The maximum absolute atomic E-state index is 12.9. The standard InChI is InChI=1S/C25H22N4O2/c1-16-5-4-6-20(11-16)15-28-24(30)23(27-25(28)31)13-21-12-17(2)29(18(21)3)22-9-7-19(14-26)8-10-22/h4-13H,15H2,1-3H3,(H,27,31)/b23-13-. The summed E-state index contributed by atoms with van der Waals surface area (Å²) in [4.78, 5) is 26.5. The molecule has 3 amide bonds. The molecule has 6 nitrogen and oxygen atoms in total. The van der Waals surface area contributed by atoms with Crippen LogP contribution in [0.3, 0.4) is 0 Å². The Labute approximate surface area is 181 Å². The maximum atomic E-state index is 12.9. The lowest BCUT2D eigenvalue weighted by Crippen LogP contribution is -2.30. The zero-order chi connectivity index (χ0) is 22.1. The highest BCUT2D eigenvalue weighted by atomic mass is 16.2. The van der Waals surface area contributed by atoms with Crippen LogP contribution in [0.1, 0.15) is 33.6 Å². The molecule has 0 spiro atoms. The highest BCUT2D eigenvalue weighted by Crippen LogP contribution is 2.24. The number of aryl methyl sites for hydroxylation is 2. The number of benzene rings is 2. The largest absolute Gasteiger partial charge is 0.329 e. The fraction of sp³-hybridized carbons (Fsp3) is 0.160. The second-order valence-electron chi connectivity index (χ2n) is 7.69. The van der Waals surface area contributed by atoms with Gasteiger partial charge in [-0.25, -0.2) is 4.79 Å².